The first-order chi connectivity index (χ1) is 5.04. The first-order valence-corrected chi connectivity index (χ1v) is 3.87. The van der Waals surface area contributed by atoms with Gasteiger partial charge in [-0.3, -0.25) is 4.79 Å². The van der Waals surface area contributed by atoms with Crippen LogP contribution in [-0.4, -0.2) is 18.4 Å². The van der Waals surface area contributed by atoms with Crippen molar-refractivity contribution in [3.63, 3.8) is 0 Å². The lowest BCUT2D eigenvalue weighted by Gasteiger charge is -2.26. The van der Waals surface area contributed by atoms with Crippen molar-refractivity contribution in [2.24, 2.45) is 0 Å². The predicted octanol–water partition coefficient (Wildman–Crippen LogP) is 1.71. The van der Waals surface area contributed by atoms with E-state index in [1.165, 1.54) is 6.92 Å². The van der Waals surface area contributed by atoms with E-state index in [1.54, 1.807) is 6.92 Å². The monoisotopic (exact) mass is 160 g/mol. The van der Waals surface area contributed by atoms with Crippen LogP contribution in [0.3, 0.4) is 0 Å². The SMILES string of the molecule is CCOC(C)(CC)OC(C)=O. The molecule has 0 bridgehead atoms. The average molecular weight is 160 g/mol. The van der Waals surface area contributed by atoms with Gasteiger partial charge in [0.25, 0.3) is 0 Å². The molecule has 0 rings (SSSR count). The molecule has 1 unspecified atom stereocenters. The van der Waals surface area contributed by atoms with E-state index in [-0.39, 0.29) is 5.97 Å². The number of carbonyl (C=O) groups excluding carboxylic acids is 1. The summed E-state index contributed by atoms with van der Waals surface area (Å²) in [6.45, 7) is 7.48. The highest BCUT2D eigenvalue weighted by atomic mass is 16.7. The second kappa shape index (κ2) is 4.34. The van der Waals surface area contributed by atoms with Gasteiger partial charge in [0.05, 0.1) is 0 Å². The van der Waals surface area contributed by atoms with Crippen molar-refractivity contribution in [1.82, 2.24) is 0 Å². The van der Waals surface area contributed by atoms with Crippen LogP contribution in [-0.2, 0) is 14.3 Å². The highest BCUT2D eigenvalue weighted by Crippen LogP contribution is 2.16. The summed E-state index contributed by atoms with van der Waals surface area (Å²) in [5, 5.41) is 0. The first kappa shape index (κ1) is 10.4. The molecule has 0 amide bonds. The topological polar surface area (TPSA) is 35.5 Å². The Morgan fingerprint density at radius 1 is 1.45 bits per heavy atom. The molecule has 0 saturated carbocycles. The number of esters is 1. The van der Waals surface area contributed by atoms with Crippen molar-refractivity contribution in [2.75, 3.05) is 6.61 Å². The summed E-state index contributed by atoms with van der Waals surface area (Å²) in [4.78, 5) is 10.6. The van der Waals surface area contributed by atoms with Gasteiger partial charge in [-0.25, -0.2) is 0 Å². The molecule has 0 fully saturated rings. The maximum absolute atomic E-state index is 10.6. The maximum atomic E-state index is 10.6. The minimum Gasteiger partial charge on any atom is -0.434 e. The Kier molecular flexibility index (Phi) is 4.11. The van der Waals surface area contributed by atoms with Crippen molar-refractivity contribution < 1.29 is 14.3 Å². The van der Waals surface area contributed by atoms with Crippen LogP contribution < -0.4 is 0 Å². The van der Waals surface area contributed by atoms with E-state index >= 15 is 0 Å². The lowest BCUT2D eigenvalue weighted by Crippen LogP contribution is -2.33. The van der Waals surface area contributed by atoms with Crippen LogP contribution in [0, 0.1) is 0 Å². The fraction of sp³-hybridized carbons (Fsp3) is 0.875. The Hall–Kier alpha value is -0.570. The largest absolute Gasteiger partial charge is 0.434 e. The van der Waals surface area contributed by atoms with Crippen molar-refractivity contribution in [2.45, 2.75) is 39.9 Å². The number of hydrogen-bond donors (Lipinski definition) is 0. The normalized spacial score (nSPS) is 15.6. The highest BCUT2D eigenvalue weighted by molar-refractivity contribution is 5.66. The zero-order valence-corrected chi connectivity index (χ0v) is 7.64. The fourth-order valence-electron chi connectivity index (χ4n) is 0.813. The quantitative estimate of drug-likeness (QED) is 0.464. The van der Waals surface area contributed by atoms with Crippen molar-refractivity contribution in [1.29, 1.82) is 0 Å². The number of ether oxygens (including phenoxy) is 2. The van der Waals surface area contributed by atoms with Crippen LogP contribution in [0.1, 0.15) is 34.1 Å². The van der Waals surface area contributed by atoms with Gasteiger partial charge in [0, 0.05) is 26.9 Å². The number of hydrogen-bond acceptors (Lipinski definition) is 3. The molecule has 0 spiro atoms. The molecule has 0 aromatic heterocycles. The van der Waals surface area contributed by atoms with Gasteiger partial charge in [-0.15, -0.1) is 0 Å². The zero-order chi connectivity index (χ0) is 8.91. The Bertz CT molecular complexity index is 133. The van der Waals surface area contributed by atoms with Crippen LogP contribution >= 0.6 is 0 Å². The smallest absolute Gasteiger partial charge is 0.305 e. The van der Waals surface area contributed by atoms with Crippen LogP contribution in [0.2, 0.25) is 0 Å². The first-order valence-electron chi connectivity index (χ1n) is 3.87. The summed E-state index contributed by atoms with van der Waals surface area (Å²) in [5.41, 5.74) is 0. The minimum absolute atomic E-state index is 0.303. The average Bonchev–Trinajstić information content (AvgIpc) is 1.87. The van der Waals surface area contributed by atoms with E-state index < -0.39 is 5.79 Å². The molecule has 0 aliphatic rings. The third kappa shape index (κ3) is 3.98. The highest BCUT2D eigenvalue weighted by Gasteiger charge is 2.24. The molecule has 0 N–H and O–H groups in total. The van der Waals surface area contributed by atoms with E-state index in [0.717, 1.165) is 0 Å². The molecule has 3 heteroatoms. The zero-order valence-electron chi connectivity index (χ0n) is 7.64. The Balaban J connectivity index is 3.98. The lowest BCUT2D eigenvalue weighted by atomic mass is 10.2. The van der Waals surface area contributed by atoms with Gasteiger partial charge in [0.2, 0.25) is 5.79 Å². The number of rotatable bonds is 4. The molecule has 0 saturated heterocycles. The molecule has 11 heavy (non-hydrogen) atoms. The van der Waals surface area contributed by atoms with E-state index in [4.69, 9.17) is 9.47 Å². The Morgan fingerprint density at radius 2 is 2.00 bits per heavy atom. The van der Waals surface area contributed by atoms with E-state index in [9.17, 15) is 4.79 Å². The van der Waals surface area contributed by atoms with Gasteiger partial charge >= 0.3 is 5.97 Å². The summed E-state index contributed by atoms with van der Waals surface area (Å²) in [5.74, 6) is -1.04. The summed E-state index contributed by atoms with van der Waals surface area (Å²) < 4.78 is 10.2. The molecule has 0 radical (unpaired) electrons. The van der Waals surface area contributed by atoms with Crippen LogP contribution in [0.4, 0.5) is 0 Å². The molecule has 0 heterocycles. The summed E-state index contributed by atoms with van der Waals surface area (Å²) >= 11 is 0. The van der Waals surface area contributed by atoms with E-state index in [2.05, 4.69) is 0 Å². The van der Waals surface area contributed by atoms with Gasteiger partial charge in [-0.2, -0.15) is 0 Å². The molecular formula is C8H16O3. The Morgan fingerprint density at radius 3 is 2.27 bits per heavy atom. The predicted molar refractivity (Wildman–Crippen MR) is 42.1 cm³/mol. The van der Waals surface area contributed by atoms with E-state index in [1.807, 2.05) is 13.8 Å². The summed E-state index contributed by atoms with van der Waals surface area (Å²) in [6, 6.07) is 0. The van der Waals surface area contributed by atoms with Gasteiger partial charge in [0.15, 0.2) is 0 Å². The molecule has 1 atom stereocenters. The molecule has 3 nitrogen and oxygen atoms in total. The standard InChI is InChI=1S/C8H16O3/c1-5-8(4,10-6-2)11-7(3)9/h5-6H2,1-4H3. The molecule has 66 valence electrons. The van der Waals surface area contributed by atoms with Crippen LogP contribution in [0.15, 0.2) is 0 Å². The third-order valence-electron chi connectivity index (χ3n) is 1.45. The van der Waals surface area contributed by atoms with Gasteiger partial charge in [-0.1, -0.05) is 6.92 Å². The van der Waals surface area contributed by atoms with Gasteiger partial charge < -0.3 is 9.47 Å². The van der Waals surface area contributed by atoms with Crippen LogP contribution in [0.5, 0.6) is 0 Å². The van der Waals surface area contributed by atoms with Gasteiger partial charge in [-0.05, 0) is 6.92 Å². The van der Waals surface area contributed by atoms with Gasteiger partial charge in [0.1, 0.15) is 0 Å². The van der Waals surface area contributed by atoms with E-state index in [0.29, 0.717) is 13.0 Å². The van der Waals surface area contributed by atoms with Crippen molar-refractivity contribution >= 4 is 5.97 Å². The second-order valence-corrected chi connectivity index (χ2v) is 2.51. The van der Waals surface area contributed by atoms with Crippen molar-refractivity contribution in [3.05, 3.63) is 0 Å². The molecule has 0 aliphatic heterocycles. The number of carbonyl (C=O) groups is 1. The maximum Gasteiger partial charge on any atom is 0.305 e. The summed E-state index contributed by atoms with van der Waals surface area (Å²) in [6.07, 6.45) is 0.667. The van der Waals surface area contributed by atoms with Crippen molar-refractivity contribution in [3.8, 4) is 0 Å². The minimum atomic E-state index is -0.736. The lowest BCUT2D eigenvalue weighted by molar-refractivity contribution is -0.221. The fourth-order valence-corrected chi connectivity index (χ4v) is 0.813. The second-order valence-electron chi connectivity index (χ2n) is 2.51. The molecule has 0 aromatic carbocycles. The van der Waals surface area contributed by atoms with Crippen LogP contribution in [0.25, 0.3) is 0 Å². The molecule has 0 aromatic rings. The third-order valence-corrected chi connectivity index (χ3v) is 1.45. The molecular weight excluding hydrogens is 144 g/mol. The molecule has 0 aliphatic carbocycles. The Labute approximate surface area is 67.7 Å². The summed E-state index contributed by atoms with van der Waals surface area (Å²) in [7, 11) is 0.